The van der Waals surface area contributed by atoms with E-state index >= 15 is 0 Å². The summed E-state index contributed by atoms with van der Waals surface area (Å²) < 4.78 is 5.39. The molecule has 0 aromatic rings. The van der Waals surface area contributed by atoms with Crippen molar-refractivity contribution < 1.29 is 9.53 Å². The first-order valence-corrected chi connectivity index (χ1v) is 6.76. The van der Waals surface area contributed by atoms with Gasteiger partial charge in [0.05, 0.1) is 12.6 Å². The highest BCUT2D eigenvalue weighted by molar-refractivity contribution is 5.78. The fourth-order valence-corrected chi connectivity index (χ4v) is 2.44. The van der Waals surface area contributed by atoms with Crippen molar-refractivity contribution in [3.05, 3.63) is 0 Å². The summed E-state index contributed by atoms with van der Waals surface area (Å²) in [7, 11) is 1.74. The first-order chi connectivity index (χ1) is 8.21. The monoisotopic (exact) mass is 242 g/mol. The van der Waals surface area contributed by atoms with Crippen LogP contribution in [0.1, 0.15) is 46.0 Å². The topological polar surface area (TPSA) is 50.4 Å². The Morgan fingerprint density at radius 1 is 1.35 bits per heavy atom. The smallest absolute Gasteiger partial charge is 0.234 e. The summed E-state index contributed by atoms with van der Waals surface area (Å²) in [5.74, 6) is 0.0976. The van der Waals surface area contributed by atoms with Crippen molar-refractivity contribution in [3.63, 3.8) is 0 Å². The largest absolute Gasteiger partial charge is 0.380 e. The molecule has 0 aliphatic heterocycles. The Bertz CT molecular complexity index is 229. The summed E-state index contributed by atoms with van der Waals surface area (Å²) in [6, 6.07) is 0.651. The summed E-state index contributed by atoms with van der Waals surface area (Å²) >= 11 is 0. The van der Waals surface area contributed by atoms with Crippen LogP contribution in [0.15, 0.2) is 0 Å². The maximum Gasteiger partial charge on any atom is 0.234 e. The molecule has 0 saturated heterocycles. The molecule has 1 aliphatic rings. The minimum Gasteiger partial charge on any atom is -0.380 e. The van der Waals surface area contributed by atoms with Crippen molar-refractivity contribution >= 4 is 5.91 Å². The summed E-state index contributed by atoms with van der Waals surface area (Å²) in [4.78, 5) is 11.7. The number of ether oxygens (including phenoxy) is 1. The summed E-state index contributed by atoms with van der Waals surface area (Å²) in [6.45, 7) is 4.60. The van der Waals surface area contributed by atoms with Gasteiger partial charge in [-0.15, -0.1) is 0 Å². The second-order valence-corrected chi connectivity index (χ2v) is 4.77. The second-order valence-electron chi connectivity index (χ2n) is 4.77. The fourth-order valence-electron chi connectivity index (χ4n) is 2.44. The number of nitrogens with one attached hydrogen (secondary N) is 2. The van der Waals surface area contributed by atoms with Crippen molar-refractivity contribution in [2.24, 2.45) is 0 Å². The van der Waals surface area contributed by atoms with E-state index in [1.54, 1.807) is 7.11 Å². The first-order valence-electron chi connectivity index (χ1n) is 6.76. The third-order valence-corrected chi connectivity index (χ3v) is 3.63. The molecule has 1 amide bonds. The van der Waals surface area contributed by atoms with Crippen molar-refractivity contribution in [2.75, 3.05) is 13.7 Å². The van der Waals surface area contributed by atoms with E-state index in [-0.39, 0.29) is 12.0 Å². The number of hydrogen-bond donors (Lipinski definition) is 2. The molecular formula is C13H26N2O2. The lowest BCUT2D eigenvalue weighted by Crippen LogP contribution is -2.45. The number of carbonyl (C=O) groups is 1. The highest BCUT2D eigenvalue weighted by atomic mass is 16.5. The Labute approximate surface area is 104 Å². The molecule has 1 rings (SSSR count). The molecule has 1 fully saturated rings. The Kier molecular flexibility index (Phi) is 6.52. The Morgan fingerprint density at radius 3 is 2.65 bits per heavy atom. The van der Waals surface area contributed by atoms with Crippen LogP contribution in [0.5, 0.6) is 0 Å². The zero-order chi connectivity index (χ0) is 12.7. The van der Waals surface area contributed by atoms with Gasteiger partial charge < -0.3 is 15.4 Å². The number of methoxy groups -OCH3 is 1. The predicted octanol–water partition coefficient (Wildman–Crippen LogP) is 1.45. The SMILES string of the molecule is CCC(CC)NC(=O)CNC1CCCC1OC. The molecule has 17 heavy (non-hydrogen) atoms. The molecule has 0 radical (unpaired) electrons. The molecule has 1 saturated carbocycles. The second kappa shape index (κ2) is 7.67. The van der Waals surface area contributed by atoms with E-state index in [0.717, 1.165) is 25.7 Å². The Hall–Kier alpha value is -0.610. The molecule has 0 aromatic heterocycles. The van der Waals surface area contributed by atoms with Crippen LogP contribution in [-0.4, -0.2) is 37.7 Å². The number of hydrogen-bond acceptors (Lipinski definition) is 3. The van der Waals surface area contributed by atoms with Gasteiger partial charge in [0.1, 0.15) is 0 Å². The van der Waals surface area contributed by atoms with E-state index in [4.69, 9.17) is 4.74 Å². The van der Waals surface area contributed by atoms with Crippen LogP contribution in [0, 0.1) is 0 Å². The molecule has 100 valence electrons. The summed E-state index contributed by atoms with van der Waals surface area (Å²) in [5, 5.41) is 6.33. The van der Waals surface area contributed by atoms with Gasteiger partial charge in [0.2, 0.25) is 5.91 Å². The van der Waals surface area contributed by atoms with E-state index in [0.29, 0.717) is 18.6 Å². The normalized spacial score (nSPS) is 24.2. The average molecular weight is 242 g/mol. The first kappa shape index (κ1) is 14.5. The van der Waals surface area contributed by atoms with Crippen LogP contribution in [-0.2, 0) is 9.53 Å². The molecule has 0 bridgehead atoms. The zero-order valence-corrected chi connectivity index (χ0v) is 11.3. The van der Waals surface area contributed by atoms with Gasteiger partial charge in [-0.25, -0.2) is 0 Å². The lowest BCUT2D eigenvalue weighted by molar-refractivity contribution is -0.121. The van der Waals surface area contributed by atoms with Crippen molar-refractivity contribution in [3.8, 4) is 0 Å². The molecule has 4 heteroatoms. The van der Waals surface area contributed by atoms with Gasteiger partial charge in [-0.3, -0.25) is 4.79 Å². The quantitative estimate of drug-likeness (QED) is 0.710. The number of amides is 1. The minimum absolute atomic E-state index is 0.0976. The van der Waals surface area contributed by atoms with Gasteiger partial charge in [0.15, 0.2) is 0 Å². The van der Waals surface area contributed by atoms with Gasteiger partial charge >= 0.3 is 0 Å². The van der Waals surface area contributed by atoms with Crippen LogP contribution in [0.4, 0.5) is 0 Å². The molecule has 0 aromatic carbocycles. The third kappa shape index (κ3) is 4.64. The van der Waals surface area contributed by atoms with Gasteiger partial charge in [0, 0.05) is 19.2 Å². The molecular weight excluding hydrogens is 216 g/mol. The maximum absolute atomic E-state index is 11.7. The summed E-state index contributed by atoms with van der Waals surface area (Å²) in [6.07, 6.45) is 5.65. The van der Waals surface area contributed by atoms with Crippen LogP contribution >= 0.6 is 0 Å². The molecule has 2 atom stereocenters. The van der Waals surface area contributed by atoms with Gasteiger partial charge in [-0.05, 0) is 32.1 Å². The van der Waals surface area contributed by atoms with Crippen molar-refractivity contribution in [1.82, 2.24) is 10.6 Å². The fraction of sp³-hybridized carbons (Fsp3) is 0.923. The van der Waals surface area contributed by atoms with Crippen LogP contribution in [0.25, 0.3) is 0 Å². The van der Waals surface area contributed by atoms with E-state index in [2.05, 4.69) is 24.5 Å². The Morgan fingerprint density at radius 2 is 2.06 bits per heavy atom. The van der Waals surface area contributed by atoms with E-state index in [1.807, 2.05) is 0 Å². The van der Waals surface area contributed by atoms with Gasteiger partial charge in [0.25, 0.3) is 0 Å². The predicted molar refractivity (Wildman–Crippen MR) is 69.0 cm³/mol. The van der Waals surface area contributed by atoms with Crippen LogP contribution < -0.4 is 10.6 Å². The lowest BCUT2D eigenvalue weighted by Gasteiger charge is -2.20. The molecule has 1 aliphatic carbocycles. The number of rotatable bonds is 7. The van der Waals surface area contributed by atoms with Crippen molar-refractivity contribution in [1.29, 1.82) is 0 Å². The van der Waals surface area contributed by atoms with Crippen LogP contribution in [0.3, 0.4) is 0 Å². The average Bonchev–Trinajstić information content (AvgIpc) is 2.80. The van der Waals surface area contributed by atoms with E-state index in [1.165, 1.54) is 6.42 Å². The third-order valence-electron chi connectivity index (χ3n) is 3.63. The molecule has 0 heterocycles. The Balaban J connectivity index is 2.23. The van der Waals surface area contributed by atoms with Gasteiger partial charge in [-0.2, -0.15) is 0 Å². The molecule has 2 N–H and O–H groups in total. The maximum atomic E-state index is 11.7. The molecule has 0 spiro atoms. The molecule has 2 unspecified atom stereocenters. The standard InChI is InChI=1S/C13H26N2O2/c1-4-10(5-2)15-13(16)9-14-11-7-6-8-12(11)17-3/h10-12,14H,4-9H2,1-3H3,(H,15,16). The highest BCUT2D eigenvalue weighted by Gasteiger charge is 2.26. The van der Waals surface area contributed by atoms with Crippen LogP contribution in [0.2, 0.25) is 0 Å². The van der Waals surface area contributed by atoms with E-state index in [9.17, 15) is 4.79 Å². The summed E-state index contributed by atoms with van der Waals surface area (Å²) in [5.41, 5.74) is 0. The van der Waals surface area contributed by atoms with E-state index < -0.39 is 0 Å². The number of carbonyl (C=O) groups excluding carboxylic acids is 1. The highest BCUT2D eigenvalue weighted by Crippen LogP contribution is 2.21. The lowest BCUT2D eigenvalue weighted by atomic mass is 10.1. The minimum atomic E-state index is 0.0976. The molecule has 4 nitrogen and oxygen atoms in total. The van der Waals surface area contributed by atoms with Gasteiger partial charge in [-0.1, -0.05) is 13.8 Å². The zero-order valence-electron chi connectivity index (χ0n) is 11.3. The van der Waals surface area contributed by atoms with Crippen molar-refractivity contribution in [2.45, 2.75) is 64.1 Å².